The number of carbonyl (C=O) groups excluding carboxylic acids is 1. The molecule has 2 nitrogen and oxygen atoms in total. The van der Waals surface area contributed by atoms with Crippen LogP contribution in [0.25, 0.3) is 12.2 Å². The molecule has 0 fully saturated rings. The summed E-state index contributed by atoms with van der Waals surface area (Å²) < 4.78 is 0. The molecule has 0 spiro atoms. The Bertz CT molecular complexity index is 920. The molecule has 2 heteroatoms. The second-order valence-electron chi connectivity index (χ2n) is 7.26. The van der Waals surface area contributed by atoms with Crippen LogP contribution in [0.2, 0.25) is 0 Å². The first kappa shape index (κ1) is 21.4. The van der Waals surface area contributed by atoms with Gasteiger partial charge in [-0.25, -0.2) is 0 Å². The van der Waals surface area contributed by atoms with Crippen molar-refractivity contribution < 1.29 is 4.79 Å². The van der Waals surface area contributed by atoms with E-state index in [9.17, 15) is 4.79 Å². The second-order valence-corrected chi connectivity index (χ2v) is 7.26. The fourth-order valence-corrected chi connectivity index (χ4v) is 3.38. The van der Waals surface area contributed by atoms with Crippen molar-refractivity contribution >= 4 is 23.6 Å². The SMILES string of the molecule is C=Cc1ccc(C)c(CN(C(=C)C(C)C(C)=O)c2ccccc2C)c1/C=C\C. The summed E-state index contributed by atoms with van der Waals surface area (Å²) in [6, 6.07) is 12.5. The van der Waals surface area contributed by atoms with E-state index in [1.165, 1.54) is 16.7 Å². The number of carbonyl (C=O) groups is 1. The van der Waals surface area contributed by atoms with Crippen molar-refractivity contribution in [3.05, 3.63) is 89.1 Å². The lowest BCUT2D eigenvalue weighted by Crippen LogP contribution is -2.29. The Labute approximate surface area is 169 Å². The zero-order chi connectivity index (χ0) is 20.8. The number of allylic oxidation sites excluding steroid dienone is 2. The average molecular weight is 374 g/mol. The van der Waals surface area contributed by atoms with Crippen molar-refractivity contribution in [1.29, 1.82) is 0 Å². The predicted octanol–water partition coefficient (Wildman–Crippen LogP) is 6.72. The Morgan fingerprint density at radius 3 is 2.39 bits per heavy atom. The minimum absolute atomic E-state index is 0.119. The van der Waals surface area contributed by atoms with E-state index in [2.05, 4.69) is 68.3 Å². The average Bonchev–Trinajstić information content (AvgIpc) is 2.67. The summed E-state index contributed by atoms with van der Waals surface area (Å²) in [6.45, 7) is 18.7. The van der Waals surface area contributed by atoms with E-state index < -0.39 is 0 Å². The molecular formula is C26H31NO. The summed E-state index contributed by atoms with van der Waals surface area (Å²) in [6.07, 6.45) is 6.08. The zero-order valence-electron chi connectivity index (χ0n) is 17.8. The van der Waals surface area contributed by atoms with E-state index in [1.54, 1.807) is 6.92 Å². The van der Waals surface area contributed by atoms with Gasteiger partial charge in [0.15, 0.2) is 0 Å². The van der Waals surface area contributed by atoms with Crippen LogP contribution >= 0.6 is 0 Å². The van der Waals surface area contributed by atoms with Gasteiger partial charge in [-0.1, -0.05) is 61.7 Å². The molecule has 28 heavy (non-hydrogen) atoms. The van der Waals surface area contributed by atoms with Crippen LogP contribution in [0.3, 0.4) is 0 Å². The number of ketones is 1. The summed E-state index contributed by atoms with van der Waals surface area (Å²) in [5.74, 6) is -0.124. The highest BCUT2D eigenvalue weighted by Gasteiger charge is 2.22. The molecule has 0 saturated heterocycles. The first-order valence-corrected chi connectivity index (χ1v) is 9.71. The number of anilines is 1. The lowest BCUT2D eigenvalue weighted by Gasteiger charge is -2.32. The number of rotatable bonds is 8. The molecule has 0 radical (unpaired) electrons. The molecule has 0 aliphatic heterocycles. The molecule has 2 aromatic carbocycles. The molecule has 1 atom stereocenters. The van der Waals surface area contributed by atoms with Crippen molar-refractivity contribution in [2.75, 3.05) is 4.90 Å². The Morgan fingerprint density at radius 2 is 1.82 bits per heavy atom. The van der Waals surface area contributed by atoms with Crippen molar-refractivity contribution in [1.82, 2.24) is 0 Å². The van der Waals surface area contributed by atoms with Gasteiger partial charge in [-0.15, -0.1) is 0 Å². The molecule has 0 saturated carbocycles. The Hall–Kier alpha value is -2.87. The zero-order valence-corrected chi connectivity index (χ0v) is 17.8. The van der Waals surface area contributed by atoms with Crippen LogP contribution in [-0.2, 0) is 11.3 Å². The van der Waals surface area contributed by atoms with E-state index in [4.69, 9.17) is 0 Å². The van der Waals surface area contributed by atoms with Gasteiger partial charge in [0.25, 0.3) is 0 Å². The molecule has 0 heterocycles. The summed E-state index contributed by atoms with van der Waals surface area (Å²) in [5.41, 5.74) is 7.75. The normalized spacial score (nSPS) is 12.0. The number of para-hydroxylation sites is 1. The van der Waals surface area contributed by atoms with Gasteiger partial charge in [-0.3, -0.25) is 4.79 Å². The predicted molar refractivity (Wildman–Crippen MR) is 122 cm³/mol. The van der Waals surface area contributed by atoms with Crippen LogP contribution in [0.5, 0.6) is 0 Å². The van der Waals surface area contributed by atoms with Gasteiger partial charge in [-0.2, -0.15) is 0 Å². The van der Waals surface area contributed by atoms with Gasteiger partial charge in [0.1, 0.15) is 5.78 Å². The van der Waals surface area contributed by atoms with Gasteiger partial charge < -0.3 is 4.90 Å². The quantitative estimate of drug-likeness (QED) is 0.511. The first-order valence-electron chi connectivity index (χ1n) is 9.71. The molecule has 146 valence electrons. The summed E-state index contributed by atoms with van der Waals surface area (Å²) >= 11 is 0. The number of benzene rings is 2. The monoisotopic (exact) mass is 373 g/mol. The van der Waals surface area contributed by atoms with E-state index in [1.807, 2.05) is 32.1 Å². The van der Waals surface area contributed by atoms with Crippen LogP contribution in [0.15, 0.2) is 61.3 Å². The van der Waals surface area contributed by atoms with Crippen LogP contribution in [-0.4, -0.2) is 5.78 Å². The van der Waals surface area contributed by atoms with Crippen molar-refractivity contribution in [3.8, 4) is 0 Å². The number of hydrogen-bond acceptors (Lipinski definition) is 2. The van der Waals surface area contributed by atoms with Gasteiger partial charge in [0, 0.05) is 17.9 Å². The first-order chi connectivity index (χ1) is 13.3. The maximum absolute atomic E-state index is 12.1. The van der Waals surface area contributed by atoms with Crippen molar-refractivity contribution in [2.45, 2.75) is 41.2 Å². The molecule has 2 aromatic rings. The maximum Gasteiger partial charge on any atom is 0.138 e. The summed E-state index contributed by atoms with van der Waals surface area (Å²) in [7, 11) is 0. The fraction of sp³-hybridized carbons (Fsp3) is 0.269. The lowest BCUT2D eigenvalue weighted by atomic mass is 9.94. The van der Waals surface area contributed by atoms with Crippen LogP contribution in [0.4, 0.5) is 5.69 Å². The fourth-order valence-electron chi connectivity index (χ4n) is 3.38. The number of aryl methyl sites for hydroxylation is 2. The molecule has 0 amide bonds. The van der Waals surface area contributed by atoms with E-state index in [0.29, 0.717) is 6.54 Å². The van der Waals surface area contributed by atoms with E-state index >= 15 is 0 Å². The second kappa shape index (κ2) is 9.36. The standard InChI is InChI=1S/C26H31NO/c1-8-12-24-23(9-2)16-15-18(3)25(24)17-27(21(6)20(5)22(7)28)26-14-11-10-13-19(26)4/h8-16,20H,2,6,17H2,1,3-5,7H3/b12-8-. The smallest absolute Gasteiger partial charge is 0.138 e. The van der Waals surface area contributed by atoms with Crippen LogP contribution in [0, 0.1) is 19.8 Å². The molecule has 0 aliphatic carbocycles. The van der Waals surface area contributed by atoms with Gasteiger partial charge in [0.2, 0.25) is 0 Å². The molecule has 0 aliphatic rings. The van der Waals surface area contributed by atoms with Gasteiger partial charge >= 0.3 is 0 Å². The van der Waals surface area contributed by atoms with Gasteiger partial charge in [-0.05, 0) is 68.5 Å². The van der Waals surface area contributed by atoms with Gasteiger partial charge in [0.05, 0.1) is 5.92 Å². The molecule has 0 bridgehead atoms. The maximum atomic E-state index is 12.1. The van der Waals surface area contributed by atoms with Crippen molar-refractivity contribution in [3.63, 3.8) is 0 Å². The Balaban J connectivity index is 2.64. The lowest BCUT2D eigenvalue weighted by molar-refractivity contribution is -0.119. The van der Waals surface area contributed by atoms with Crippen molar-refractivity contribution in [2.24, 2.45) is 5.92 Å². The third-order valence-electron chi connectivity index (χ3n) is 5.36. The number of Topliss-reactive ketones (excluding diaryl/α,β-unsaturated/α-hetero) is 1. The Morgan fingerprint density at radius 1 is 1.14 bits per heavy atom. The molecule has 1 unspecified atom stereocenters. The number of hydrogen-bond donors (Lipinski definition) is 0. The number of nitrogens with zero attached hydrogens (tertiary/aromatic N) is 1. The van der Waals surface area contributed by atoms with Crippen LogP contribution < -0.4 is 4.90 Å². The minimum Gasteiger partial charge on any atom is -0.340 e. The summed E-state index contributed by atoms with van der Waals surface area (Å²) in [5, 5.41) is 0. The molecule has 0 aromatic heterocycles. The highest BCUT2D eigenvalue weighted by molar-refractivity contribution is 5.82. The molecular weight excluding hydrogens is 342 g/mol. The third-order valence-corrected chi connectivity index (χ3v) is 5.36. The molecule has 0 N–H and O–H groups in total. The highest BCUT2D eigenvalue weighted by atomic mass is 16.1. The van der Waals surface area contributed by atoms with Crippen LogP contribution in [0.1, 0.15) is 48.6 Å². The Kier molecular flexibility index (Phi) is 7.17. The minimum atomic E-state index is -0.243. The third kappa shape index (κ3) is 4.51. The van der Waals surface area contributed by atoms with E-state index in [-0.39, 0.29) is 11.7 Å². The summed E-state index contributed by atoms with van der Waals surface area (Å²) in [4.78, 5) is 14.3. The molecule has 2 rings (SSSR count). The van der Waals surface area contributed by atoms with E-state index in [0.717, 1.165) is 22.5 Å². The largest absolute Gasteiger partial charge is 0.340 e. The highest BCUT2D eigenvalue weighted by Crippen LogP contribution is 2.32. The topological polar surface area (TPSA) is 20.3 Å².